The molecule has 2 aromatic carbocycles. The van der Waals surface area contributed by atoms with E-state index in [9.17, 15) is 9.90 Å². The molecule has 0 aliphatic carbocycles. The molecule has 0 amide bonds. The number of rotatable bonds is 8. The number of hydrogen-bond donors (Lipinski definition) is 2. The SMILES string of the molecule is COc1ccc2c(CNCC3CCCO3)c(C(=O)O)n(Cc3ccccc3C)c2c1. The topological polar surface area (TPSA) is 72.7 Å². The van der Waals surface area contributed by atoms with E-state index in [0.717, 1.165) is 53.6 Å². The van der Waals surface area contributed by atoms with Crippen LogP contribution in [0.3, 0.4) is 0 Å². The standard InChI is InChI=1S/C24H28N2O4/c1-16-6-3-4-7-17(16)15-26-22-12-18(29-2)9-10-20(22)21(23(26)24(27)28)14-25-13-19-8-5-11-30-19/h3-4,6-7,9-10,12,19,25H,5,8,11,13-15H2,1-2H3,(H,27,28). The predicted octanol–water partition coefficient (Wildman–Crippen LogP) is 3.97. The van der Waals surface area contributed by atoms with Gasteiger partial charge < -0.3 is 24.5 Å². The molecule has 2 heterocycles. The summed E-state index contributed by atoms with van der Waals surface area (Å²) >= 11 is 0. The highest BCUT2D eigenvalue weighted by Crippen LogP contribution is 2.31. The number of carboxylic acids is 1. The molecule has 1 atom stereocenters. The third-order valence-electron chi connectivity index (χ3n) is 5.87. The van der Waals surface area contributed by atoms with E-state index in [0.29, 0.717) is 24.5 Å². The lowest BCUT2D eigenvalue weighted by atomic mass is 10.1. The van der Waals surface area contributed by atoms with Gasteiger partial charge in [0.1, 0.15) is 11.4 Å². The molecule has 1 fully saturated rings. The van der Waals surface area contributed by atoms with Crippen molar-refractivity contribution in [2.75, 3.05) is 20.3 Å². The minimum Gasteiger partial charge on any atom is -0.497 e. The molecule has 1 saturated heterocycles. The molecule has 0 spiro atoms. The van der Waals surface area contributed by atoms with Crippen LogP contribution in [0.15, 0.2) is 42.5 Å². The smallest absolute Gasteiger partial charge is 0.352 e. The van der Waals surface area contributed by atoms with Crippen molar-refractivity contribution in [3.05, 3.63) is 64.8 Å². The Bertz CT molecular complexity index is 1050. The van der Waals surface area contributed by atoms with Gasteiger partial charge in [-0.2, -0.15) is 0 Å². The molecule has 158 valence electrons. The number of nitrogens with zero attached hydrogens (tertiary/aromatic N) is 1. The van der Waals surface area contributed by atoms with Gasteiger partial charge in [-0.1, -0.05) is 24.3 Å². The number of aromatic carboxylic acids is 1. The van der Waals surface area contributed by atoms with Crippen molar-refractivity contribution in [1.29, 1.82) is 0 Å². The Morgan fingerprint density at radius 2 is 2.13 bits per heavy atom. The van der Waals surface area contributed by atoms with Crippen LogP contribution in [0, 0.1) is 6.92 Å². The fourth-order valence-corrected chi connectivity index (χ4v) is 4.24. The van der Waals surface area contributed by atoms with E-state index in [1.165, 1.54) is 0 Å². The van der Waals surface area contributed by atoms with Gasteiger partial charge in [-0.15, -0.1) is 0 Å². The molecule has 0 bridgehead atoms. The van der Waals surface area contributed by atoms with Gasteiger partial charge >= 0.3 is 5.97 Å². The maximum Gasteiger partial charge on any atom is 0.352 e. The molecular formula is C24H28N2O4. The summed E-state index contributed by atoms with van der Waals surface area (Å²) in [5, 5.41) is 14.5. The van der Waals surface area contributed by atoms with Crippen LogP contribution < -0.4 is 10.1 Å². The summed E-state index contributed by atoms with van der Waals surface area (Å²) in [4.78, 5) is 12.4. The molecule has 1 unspecified atom stereocenters. The first-order valence-electron chi connectivity index (χ1n) is 10.4. The number of ether oxygens (including phenoxy) is 2. The number of carboxylic acid groups (broad SMARTS) is 1. The number of carbonyl (C=O) groups is 1. The van der Waals surface area contributed by atoms with E-state index in [4.69, 9.17) is 9.47 Å². The van der Waals surface area contributed by atoms with Crippen LogP contribution in [0.2, 0.25) is 0 Å². The molecule has 6 nitrogen and oxygen atoms in total. The summed E-state index contributed by atoms with van der Waals surface area (Å²) in [6, 6.07) is 13.8. The first-order chi connectivity index (χ1) is 14.6. The van der Waals surface area contributed by atoms with Crippen molar-refractivity contribution in [1.82, 2.24) is 9.88 Å². The summed E-state index contributed by atoms with van der Waals surface area (Å²) in [6.45, 7) is 4.54. The maximum atomic E-state index is 12.4. The summed E-state index contributed by atoms with van der Waals surface area (Å²) in [6.07, 6.45) is 2.34. The van der Waals surface area contributed by atoms with Gasteiger partial charge in [0.25, 0.3) is 0 Å². The number of fused-ring (bicyclic) bond motifs is 1. The maximum absolute atomic E-state index is 12.4. The average Bonchev–Trinajstić information content (AvgIpc) is 3.36. The van der Waals surface area contributed by atoms with Crippen molar-refractivity contribution in [3.63, 3.8) is 0 Å². The van der Waals surface area contributed by atoms with Gasteiger partial charge in [-0.3, -0.25) is 0 Å². The normalized spacial score (nSPS) is 16.3. The third kappa shape index (κ3) is 4.06. The second kappa shape index (κ2) is 8.90. The van der Waals surface area contributed by atoms with Crippen LogP contribution in [0.25, 0.3) is 10.9 Å². The van der Waals surface area contributed by atoms with E-state index in [1.807, 2.05) is 54.0 Å². The fourth-order valence-electron chi connectivity index (χ4n) is 4.24. The van der Waals surface area contributed by atoms with Crippen LogP contribution in [0.5, 0.6) is 5.75 Å². The fraction of sp³-hybridized carbons (Fsp3) is 0.375. The van der Waals surface area contributed by atoms with Crippen molar-refractivity contribution in [2.24, 2.45) is 0 Å². The molecular weight excluding hydrogens is 380 g/mol. The van der Waals surface area contributed by atoms with E-state index in [-0.39, 0.29) is 6.10 Å². The van der Waals surface area contributed by atoms with E-state index < -0.39 is 5.97 Å². The molecule has 2 N–H and O–H groups in total. The first kappa shape index (κ1) is 20.4. The minimum absolute atomic E-state index is 0.207. The van der Waals surface area contributed by atoms with Crippen molar-refractivity contribution >= 4 is 16.9 Å². The Morgan fingerprint density at radius 3 is 2.83 bits per heavy atom. The Morgan fingerprint density at radius 1 is 1.30 bits per heavy atom. The Kier molecular flexibility index (Phi) is 6.06. The summed E-state index contributed by atoms with van der Waals surface area (Å²) in [7, 11) is 1.62. The molecule has 1 aromatic heterocycles. The molecule has 30 heavy (non-hydrogen) atoms. The lowest BCUT2D eigenvalue weighted by Crippen LogP contribution is -2.26. The highest BCUT2D eigenvalue weighted by Gasteiger charge is 2.24. The van der Waals surface area contributed by atoms with Crippen LogP contribution in [0.4, 0.5) is 0 Å². The van der Waals surface area contributed by atoms with Crippen LogP contribution in [0.1, 0.15) is 40.0 Å². The Hall–Kier alpha value is -2.83. The second-order valence-corrected chi connectivity index (χ2v) is 7.79. The van der Waals surface area contributed by atoms with Crippen LogP contribution in [-0.4, -0.2) is 42.0 Å². The number of methoxy groups -OCH3 is 1. The monoisotopic (exact) mass is 408 g/mol. The molecule has 3 aromatic rings. The highest BCUT2D eigenvalue weighted by molar-refractivity contribution is 5.98. The number of aryl methyl sites for hydroxylation is 1. The Labute approximate surface area is 176 Å². The van der Waals surface area contributed by atoms with Gasteiger partial charge in [0.15, 0.2) is 0 Å². The Balaban J connectivity index is 1.76. The molecule has 1 aliphatic heterocycles. The second-order valence-electron chi connectivity index (χ2n) is 7.79. The molecule has 0 saturated carbocycles. The van der Waals surface area contributed by atoms with Gasteiger partial charge in [-0.25, -0.2) is 4.79 Å². The zero-order chi connectivity index (χ0) is 21.1. The van der Waals surface area contributed by atoms with E-state index in [1.54, 1.807) is 7.11 Å². The number of nitrogens with one attached hydrogen (secondary N) is 1. The average molecular weight is 408 g/mol. The number of aromatic nitrogens is 1. The molecule has 4 rings (SSSR count). The van der Waals surface area contributed by atoms with Crippen molar-refractivity contribution < 1.29 is 19.4 Å². The largest absolute Gasteiger partial charge is 0.497 e. The molecule has 1 aliphatic rings. The van der Waals surface area contributed by atoms with Gasteiger partial charge in [0, 0.05) is 43.3 Å². The highest BCUT2D eigenvalue weighted by atomic mass is 16.5. The lowest BCUT2D eigenvalue weighted by Gasteiger charge is -2.13. The van der Waals surface area contributed by atoms with Crippen molar-refractivity contribution in [2.45, 2.75) is 39.0 Å². The summed E-state index contributed by atoms with van der Waals surface area (Å²) in [5.74, 6) is -0.213. The van der Waals surface area contributed by atoms with Crippen LogP contribution >= 0.6 is 0 Å². The third-order valence-corrected chi connectivity index (χ3v) is 5.87. The zero-order valence-corrected chi connectivity index (χ0v) is 17.5. The van der Waals surface area contributed by atoms with Crippen LogP contribution in [-0.2, 0) is 17.8 Å². The zero-order valence-electron chi connectivity index (χ0n) is 17.5. The predicted molar refractivity (Wildman–Crippen MR) is 116 cm³/mol. The van der Waals surface area contributed by atoms with E-state index >= 15 is 0 Å². The number of hydrogen-bond acceptors (Lipinski definition) is 4. The molecule has 6 heteroatoms. The quantitative estimate of drug-likeness (QED) is 0.590. The van der Waals surface area contributed by atoms with Gasteiger partial charge in [-0.05, 0) is 43.0 Å². The number of benzene rings is 2. The van der Waals surface area contributed by atoms with Crippen molar-refractivity contribution in [3.8, 4) is 5.75 Å². The lowest BCUT2D eigenvalue weighted by molar-refractivity contribution is 0.0684. The minimum atomic E-state index is -0.923. The molecule has 0 radical (unpaired) electrons. The van der Waals surface area contributed by atoms with Gasteiger partial charge in [0.05, 0.1) is 18.7 Å². The first-order valence-corrected chi connectivity index (χ1v) is 10.4. The summed E-state index contributed by atoms with van der Waals surface area (Å²) < 4.78 is 13.0. The summed E-state index contributed by atoms with van der Waals surface area (Å²) in [5.41, 5.74) is 4.22. The van der Waals surface area contributed by atoms with E-state index in [2.05, 4.69) is 5.32 Å². The van der Waals surface area contributed by atoms with Gasteiger partial charge in [0.2, 0.25) is 0 Å².